The molecule has 0 aliphatic carbocycles. The zero-order valence-corrected chi connectivity index (χ0v) is 12.8. The van der Waals surface area contributed by atoms with Gasteiger partial charge in [0.1, 0.15) is 11.6 Å². The van der Waals surface area contributed by atoms with Crippen molar-refractivity contribution in [3.8, 4) is 0 Å². The standard InChI is InChI=1S/C12H13ClFIN2O/c1-2-18-4-3-17-11-5-8(14)9(15)6-10(11)16-12(17)7-13/h5-6H,2-4,7H2,1H3. The van der Waals surface area contributed by atoms with Gasteiger partial charge in [0.2, 0.25) is 0 Å². The van der Waals surface area contributed by atoms with Crippen molar-refractivity contribution in [3.63, 3.8) is 0 Å². The molecule has 0 saturated heterocycles. The topological polar surface area (TPSA) is 27.1 Å². The van der Waals surface area contributed by atoms with Crippen molar-refractivity contribution >= 4 is 45.2 Å². The molecular weight excluding hydrogens is 370 g/mol. The van der Waals surface area contributed by atoms with E-state index in [1.54, 1.807) is 6.07 Å². The quantitative estimate of drug-likeness (QED) is 0.449. The Bertz CT molecular complexity index is 558. The maximum absolute atomic E-state index is 13.6. The minimum Gasteiger partial charge on any atom is -0.380 e. The first kappa shape index (κ1) is 14.0. The van der Waals surface area contributed by atoms with Gasteiger partial charge in [0.25, 0.3) is 0 Å². The summed E-state index contributed by atoms with van der Waals surface area (Å²) in [6.45, 7) is 3.80. The van der Waals surface area contributed by atoms with Gasteiger partial charge < -0.3 is 9.30 Å². The fourth-order valence-electron chi connectivity index (χ4n) is 1.82. The number of fused-ring (bicyclic) bond motifs is 1. The lowest BCUT2D eigenvalue weighted by Gasteiger charge is -2.07. The van der Waals surface area contributed by atoms with Gasteiger partial charge in [0.15, 0.2) is 0 Å². The number of ether oxygens (including phenoxy) is 1. The van der Waals surface area contributed by atoms with Gasteiger partial charge in [0.05, 0.1) is 27.1 Å². The molecule has 0 atom stereocenters. The van der Waals surface area contributed by atoms with Crippen LogP contribution in [-0.2, 0) is 17.2 Å². The van der Waals surface area contributed by atoms with E-state index in [0.29, 0.717) is 29.2 Å². The molecular formula is C12H13ClFIN2O. The summed E-state index contributed by atoms with van der Waals surface area (Å²) < 4.78 is 21.4. The van der Waals surface area contributed by atoms with Crippen LogP contribution in [-0.4, -0.2) is 22.8 Å². The monoisotopic (exact) mass is 382 g/mol. The van der Waals surface area contributed by atoms with Crippen molar-refractivity contribution in [1.29, 1.82) is 0 Å². The molecule has 1 aromatic carbocycles. The van der Waals surface area contributed by atoms with E-state index < -0.39 is 0 Å². The Kier molecular flexibility index (Phi) is 4.80. The number of hydrogen-bond acceptors (Lipinski definition) is 2. The molecule has 0 amide bonds. The van der Waals surface area contributed by atoms with Crippen molar-refractivity contribution in [1.82, 2.24) is 9.55 Å². The summed E-state index contributed by atoms with van der Waals surface area (Å²) in [7, 11) is 0. The third-order valence-corrected chi connectivity index (χ3v) is 3.72. The van der Waals surface area contributed by atoms with Crippen LogP contribution in [0.5, 0.6) is 0 Å². The average molecular weight is 383 g/mol. The molecule has 2 rings (SSSR count). The van der Waals surface area contributed by atoms with Crippen LogP contribution in [0.2, 0.25) is 0 Å². The van der Waals surface area contributed by atoms with E-state index in [2.05, 4.69) is 4.98 Å². The molecule has 18 heavy (non-hydrogen) atoms. The molecule has 0 radical (unpaired) electrons. The summed E-state index contributed by atoms with van der Waals surface area (Å²) in [6, 6.07) is 3.24. The van der Waals surface area contributed by atoms with Gasteiger partial charge >= 0.3 is 0 Å². The first-order valence-corrected chi connectivity index (χ1v) is 7.26. The minimum absolute atomic E-state index is 0.234. The maximum atomic E-state index is 13.6. The number of aromatic nitrogens is 2. The first-order valence-electron chi connectivity index (χ1n) is 5.65. The molecule has 0 spiro atoms. The Labute approximate surface area is 123 Å². The summed E-state index contributed by atoms with van der Waals surface area (Å²) in [4.78, 5) is 4.42. The number of imidazole rings is 1. The molecule has 0 bridgehead atoms. The summed E-state index contributed by atoms with van der Waals surface area (Å²) in [5.41, 5.74) is 1.54. The number of hydrogen-bond donors (Lipinski definition) is 0. The summed E-state index contributed by atoms with van der Waals surface area (Å²) in [6.07, 6.45) is 0. The number of halogens is 3. The Morgan fingerprint density at radius 1 is 1.50 bits per heavy atom. The lowest BCUT2D eigenvalue weighted by atomic mass is 10.3. The second-order valence-electron chi connectivity index (χ2n) is 3.77. The molecule has 2 aromatic rings. The van der Waals surface area contributed by atoms with Gasteiger partial charge in [-0.1, -0.05) is 0 Å². The second-order valence-corrected chi connectivity index (χ2v) is 5.19. The van der Waals surface area contributed by atoms with Gasteiger partial charge in [0, 0.05) is 19.2 Å². The highest BCUT2D eigenvalue weighted by Gasteiger charge is 2.12. The summed E-state index contributed by atoms with van der Waals surface area (Å²) in [5, 5.41) is 0. The lowest BCUT2D eigenvalue weighted by Crippen LogP contribution is -2.08. The van der Waals surface area contributed by atoms with Crippen molar-refractivity contribution in [2.75, 3.05) is 13.2 Å². The molecule has 0 N–H and O–H groups in total. The molecule has 1 aromatic heterocycles. The highest BCUT2D eigenvalue weighted by Crippen LogP contribution is 2.22. The average Bonchev–Trinajstić information content (AvgIpc) is 2.68. The van der Waals surface area contributed by atoms with E-state index in [1.807, 2.05) is 34.1 Å². The molecule has 0 saturated carbocycles. The first-order chi connectivity index (χ1) is 8.67. The van der Waals surface area contributed by atoms with Crippen molar-refractivity contribution < 1.29 is 9.13 Å². The van der Waals surface area contributed by atoms with Crippen LogP contribution in [0.25, 0.3) is 11.0 Å². The van der Waals surface area contributed by atoms with Crippen LogP contribution in [0, 0.1) is 9.39 Å². The van der Waals surface area contributed by atoms with Gasteiger partial charge in [-0.25, -0.2) is 9.37 Å². The Morgan fingerprint density at radius 2 is 2.28 bits per heavy atom. The Morgan fingerprint density at radius 3 is 2.94 bits per heavy atom. The fourth-order valence-corrected chi connectivity index (χ4v) is 2.48. The van der Waals surface area contributed by atoms with Gasteiger partial charge in [-0.05, 0) is 35.6 Å². The van der Waals surface area contributed by atoms with E-state index in [-0.39, 0.29) is 5.82 Å². The zero-order chi connectivity index (χ0) is 13.1. The van der Waals surface area contributed by atoms with E-state index in [1.165, 1.54) is 6.07 Å². The number of benzene rings is 1. The third-order valence-electron chi connectivity index (χ3n) is 2.65. The highest BCUT2D eigenvalue weighted by atomic mass is 127. The van der Waals surface area contributed by atoms with Gasteiger partial charge in [-0.3, -0.25) is 0 Å². The zero-order valence-electron chi connectivity index (χ0n) is 9.92. The van der Waals surface area contributed by atoms with Crippen molar-refractivity contribution in [3.05, 3.63) is 27.3 Å². The minimum atomic E-state index is -0.234. The van der Waals surface area contributed by atoms with Crippen LogP contribution in [0.15, 0.2) is 12.1 Å². The molecule has 0 aliphatic rings. The van der Waals surface area contributed by atoms with Gasteiger partial charge in [-0.2, -0.15) is 0 Å². The predicted molar refractivity (Wildman–Crippen MR) is 78.5 cm³/mol. The van der Waals surface area contributed by atoms with Gasteiger partial charge in [-0.15, -0.1) is 11.6 Å². The molecule has 0 aliphatic heterocycles. The molecule has 0 unspecified atom stereocenters. The van der Waals surface area contributed by atoms with E-state index >= 15 is 0 Å². The molecule has 3 nitrogen and oxygen atoms in total. The molecule has 1 heterocycles. The van der Waals surface area contributed by atoms with E-state index in [9.17, 15) is 4.39 Å². The molecule has 0 fully saturated rings. The lowest BCUT2D eigenvalue weighted by molar-refractivity contribution is 0.139. The summed E-state index contributed by atoms with van der Waals surface area (Å²) in [5.74, 6) is 0.813. The highest BCUT2D eigenvalue weighted by molar-refractivity contribution is 14.1. The van der Waals surface area contributed by atoms with Crippen LogP contribution >= 0.6 is 34.2 Å². The third kappa shape index (κ3) is 2.78. The molecule has 6 heteroatoms. The normalized spacial score (nSPS) is 11.3. The van der Waals surface area contributed by atoms with Crippen LogP contribution in [0.4, 0.5) is 4.39 Å². The van der Waals surface area contributed by atoms with Crippen LogP contribution in [0.1, 0.15) is 12.7 Å². The van der Waals surface area contributed by atoms with E-state index in [4.69, 9.17) is 16.3 Å². The number of nitrogens with zero attached hydrogens (tertiary/aromatic N) is 2. The molecule has 98 valence electrons. The van der Waals surface area contributed by atoms with Crippen LogP contribution in [0.3, 0.4) is 0 Å². The maximum Gasteiger partial charge on any atom is 0.138 e. The second kappa shape index (κ2) is 6.16. The summed E-state index contributed by atoms with van der Waals surface area (Å²) >= 11 is 7.83. The van der Waals surface area contributed by atoms with Crippen LogP contribution < -0.4 is 0 Å². The Balaban J connectivity index is 2.44. The van der Waals surface area contributed by atoms with Crippen molar-refractivity contribution in [2.45, 2.75) is 19.3 Å². The largest absolute Gasteiger partial charge is 0.380 e. The Hall–Kier alpha value is -0.400. The number of alkyl halides is 1. The SMILES string of the molecule is CCOCCn1c(CCl)nc2cc(I)c(F)cc21. The predicted octanol–water partition coefficient (Wildman–Crippen LogP) is 3.56. The van der Waals surface area contributed by atoms with Crippen molar-refractivity contribution in [2.24, 2.45) is 0 Å². The number of rotatable bonds is 5. The smallest absolute Gasteiger partial charge is 0.138 e. The van der Waals surface area contributed by atoms with E-state index in [0.717, 1.165) is 16.9 Å². The fraction of sp³-hybridized carbons (Fsp3) is 0.417.